The topological polar surface area (TPSA) is 125 Å². The number of halogens is 1. The van der Waals surface area contributed by atoms with Gasteiger partial charge in [-0.3, -0.25) is 19.9 Å². The first kappa shape index (κ1) is 22.5. The number of nitrogens with zero attached hydrogens (tertiary/aromatic N) is 5. The monoisotopic (exact) mass is 492 g/mol. The summed E-state index contributed by atoms with van der Waals surface area (Å²) in [6.45, 7) is 1.96. The van der Waals surface area contributed by atoms with Gasteiger partial charge in [0.25, 0.3) is 0 Å². The molecule has 0 aliphatic rings. The average Bonchev–Trinajstić information content (AvgIpc) is 3.53. The molecule has 0 saturated heterocycles. The number of H-pyrrole nitrogens is 2. The zero-order valence-electron chi connectivity index (χ0n) is 19.8. The number of aromatic amines is 2. The minimum Gasteiger partial charge on any atom is -0.336 e. The number of rotatable bonds is 6. The lowest BCUT2D eigenvalue weighted by molar-refractivity contribution is -0.116. The molecule has 0 atom stereocenters. The highest BCUT2D eigenvalue weighted by atomic mass is 19.1. The Morgan fingerprint density at radius 3 is 2.76 bits per heavy atom. The molecule has 5 heterocycles. The number of amides is 1. The van der Waals surface area contributed by atoms with Gasteiger partial charge < -0.3 is 10.3 Å². The smallest absolute Gasteiger partial charge is 0.224 e. The minimum absolute atomic E-state index is 0.0544. The molecule has 9 nitrogen and oxygen atoms in total. The number of anilines is 1. The number of carbonyl (C=O) groups is 1. The third kappa shape index (κ3) is 4.18. The van der Waals surface area contributed by atoms with E-state index in [1.54, 1.807) is 49.1 Å². The standard InChI is InChI=1S/C27H21FN8O/c1-2-5-22(37)32-17-10-15(12-29-14-17)16-11-19-24(35-36-26(19)31-13-16)27-33-21-8-9-30-23(25(21)34-27)18-6-3-4-7-20(18)28/h3-4,6-14H,2,5H2,1H3,(H,32,37)(H,33,34)(H,31,35,36). The summed E-state index contributed by atoms with van der Waals surface area (Å²) in [5.41, 5.74) is 5.46. The van der Waals surface area contributed by atoms with E-state index < -0.39 is 0 Å². The Hall–Kier alpha value is -4.99. The summed E-state index contributed by atoms with van der Waals surface area (Å²) in [5.74, 6) is 0.0820. The molecule has 6 rings (SSSR count). The maximum Gasteiger partial charge on any atom is 0.224 e. The fourth-order valence-corrected chi connectivity index (χ4v) is 4.26. The van der Waals surface area contributed by atoms with Gasteiger partial charge in [-0.25, -0.2) is 14.4 Å². The molecule has 0 saturated carbocycles. The molecule has 0 aliphatic carbocycles. The summed E-state index contributed by atoms with van der Waals surface area (Å²) < 4.78 is 14.5. The van der Waals surface area contributed by atoms with E-state index >= 15 is 0 Å². The molecule has 1 amide bonds. The lowest BCUT2D eigenvalue weighted by Crippen LogP contribution is -2.10. The van der Waals surface area contributed by atoms with E-state index in [1.807, 2.05) is 19.1 Å². The second-order valence-electron chi connectivity index (χ2n) is 8.57. The van der Waals surface area contributed by atoms with Crippen LogP contribution in [0.2, 0.25) is 0 Å². The van der Waals surface area contributed by atoms with Gasteiger partial charge in [0.05, 0.1) is 22.8 Å². The van der Waals surface area contributed by atoms with E-state index in [2.05, 4.69) is 35.5 Å². The number of aromatic nitrogens is 7. The first-order chi connectivity index (χ1) is 18.1. The largest absolute Gasteiger partial charge is 0.336 e. The number of hydrogen-bond donors (Lipinski definition) is 3. The van der Waals surface area contributed by atoms with Gasteiger partial charge in [0.15, 0.2) is 11.5 Å². The SMILES string of the molecule is CCCC(=O)Nc1cncc(-c2cnc3[nH]nc(-c4nc5c(-c6ccccc6F)nccc5[nH]4)c3c2)c1. The second kappa shape index (κ2) is 9.23. The Morgan fingerprint density at radius 1 is 1.03 bits per heavy atom. The fraction of sp³-hybridized carbons (Fsp3) is 0.111. The summed E-state index contributed by atoms with van der Waals surface area (Å²) >= 11 is 0. The van der Waals surface area contributed by atoms with Crippen LogP contribution >= 0.6 is 0 Å². The van der Waals surface area contributed by atoms with Crippen LogP contribution in [-0.4, -0.2) is 41.0 Å². The minimum atomic E-state index is -0.368. The highest BCUT2D eigenvalue weighted by Crippen LogP contribution is 2.32. The van der Waals surface area contributed by atoms with Gasteiger partial charge >= 0.3 is 0 Å². The van der Waals surface area contributed by atoms with Gasteiger partial charge in [-0.15, -0.1) is 0 Å². The van der Waals surface area contributed by atoms with Crippen molar-refractivity contribution in [1.82, 2.24) is 35.1 Å². The van der Waals surface area contributed by atoms with Crippen molar-refractivity contribution in [2.45, 2.75) is 19.8 Å². The first-order valence-electron chi connectivity index (χ1n) is 11.8. The van der Waals surface area contributed by atoms with E-state index in [0.717, 1.165) is 22.9 Å². The van der Waals surface area contributed by atoms with Crippen molar-refractivity contribution in [2.75, 3.05) is 5.32 Å². The van der Waals surface area contributed by atoms with E-state index in [4.69, 9.17) is 4.98 Å². The predicted octanol–water partition coefficient (Wildman–Crippen LogP) is 5.50. The normalized spacial score (nSPS) is 11.3. The lowest BCUT2D eigenvalue weighted by atomic mass is 10.1. The van der Waals surface area contributed by atoms with Gasteiger partial charge in [-0.05, 0) is 36.8 Å². The molecule has 0 spiro atoms. The molecule has 0 fully saturated rings. The summed E-state index contributed by atoms with van der Waals surface area (Å²) in [7, 11) is 0. The van der Waals surface area contributed by atoms with Crippen LogP contribution in [0.4, 0.5) is 10.1 Å². The van der Waals surface area contributed by atoms with Crippen molar-refractivity contribution in [3.8, 4) is 33.9 Å². The Bertz CT molecular complexity index is 1770. The molecular formula is C27H21FN8O. The molecule has 1 aromatic carbocycles. The van der Waals surface area contributed by atoms with Crippen molar-refractivity contribution >= 4 is 33.7 Å². The number of benzene rings is 1. The molecule has 0 unspecified atom stereocenters. The number of nitrogens with one attached hydrogen (secondary N) is 3. The van der Waals surface area contributed by atoms with Crippen molar-refractivity contribution in [3.63, 3.8) is 0 Å². The molecule has 37 heavy (non-hydrogen) atoms. The fourth-order valence-electron chi connectivity index (χ4n) is 4.26. The van der Waals surface area contributed by atoms with Crippen molar-refractivity contribution in [2.24, 2.45) is 0 Å². The Labute approximate surface area is 210 Å². The molecule has 3 N–H and O–H groups in total. The summed E-state index contributed by atoms with van der Waals surface area (Å²) in [6.07, 6.45) is 7.88. The molecule has 10 heteroatoms. The molecule has 182 valence electrons. The van der Waals surface area contributed by atoms with Crippen LogP contribution in [0.25, 0.3) is 56.0 Å². The number of imidazole rings is 1. The Balaban J connectivity index is 1.41. The summed E-state index contributed by atoms with van der Waals surface area (Å²) in [4.78, 5) is 33.2. The Morgan fingerprint density at radius 2 is 1.89 bits per heavy atom. The number of fused-ring (bicyclic) bond motifs is 2. The molecule has 5 aromatic heterocycles. The lowest BCUT2D eigenvalue weighted by Gasteiger charge is -2.07. The molecule has 0 radical (unpaired) electrons. The average molecular weight is 493 g/mol. The van der Waals surface area contributed by atoms with Crippen LogP contribution in [-0.2, 0) is 4.79 Å². The van der Waals surface area contributed by atoms with E-state index in [1.165, 1.54) is 6.07 Å². The maximum absolute atomic E-state index is 14.5. The predicted molar refractivity (Wildman–Crippen MR) is 139 cm³/mol. The van der Waals surface area contributed by atoms with Crippen molar-refractivity contribution in [3.05, 3.63) is 73.1 Å². The summed E-state index contributed by atoms with van der Waals surface area (Å²) in [5, 5.41) is 11.0. The van der Waals surface area contributed by atoms with E-state index in [9.17, 15) is 9.18 Å². The third-order valence-corrected chi connectivity index (χ3v) is 6.00. The van der Waals surface area contributed by atoms with Gasteiger partial charge in [0, 0.05) is 41.7 Å². The number of carbonyl (C=O) groups excluding carboxylic acids is 1. The van der Waals surface area contributed by atoms with Crippen LogP contribution in [0, 0.1) is 5.82 Å². The van der Waals surface area contributed by atoms with Gasteiger partial charge in [0.1, 0.15) is 22.7 Å². The van der Waals surface area contributed by atoms with E-state index in [0.29, 0.717) is 51.6 Å². The zero-order chi connectivity index (χ0) is 25.4. The van der Waals surface area contributed by atoms with Gasteiger partial charge in [-0.2, -0.15) is 5.10 Å². The zero-order valence-corrected chi connectivity index (χ0v) is 19.8. The van der Waals surface area contributed by atoms with Crippen LogP contribution < -0.4 is 5.32 Å². The van der Waals surface area contributed by atoms with Gasteiger partial charge in [-0.1, -0.05) is 19.1 Å². The van der Waals surface area contributed by atoms with Crippen molar-refractivity contribution in [1.29, 1.82) is 0 Å². The maximum atomic E-state index is 14.5. The number of pyridine rings is 3. The highest BCUT2D eigenvalue weighted by molar-refractivity contribution is 5.96. The van der Waals surface area contributed by atoms with Gasteiger partial charge in [0.2, 0.25) is 5.91 Å². The Kier molecular flexibility index (Phi) is 5.61. The number of hydrogen-bond acceptors (Lipinski definition) is 6. The molecule has 0 aliphatic heterocycles. The second-order valence-corrected chi connectivity index (χ2v) is 8.57. The van der Waals surface area contributed by atoms with Crippen LogP contribution in [0.3, 0.4) is 0 Å². The summed E-state index contributed by atoms with van der Waals surface area (Å²) in [6, 6.07) is 12.1. The van der Waals surface area contributed by atoms with Crippen LogP contribution in [0.1, 0.15) is 19.8 Å². The van der Waals surface area contributed by atoms with E-state index in [-0.39, 0.29) is 11.7 Å². The quantitative estimate of drug-likeness (QED) is 0.282. The third-order valence-electron chi connectivity index (χ3n) is 6.00. The molecular weight excluding hydrogens is 471 g/mol. The van der Waals surface area contributed by atoms with Crippen molar-refractivity contribution < 1.29 is 9.18 Å². The van der Waals surface area contributed by atoms with Crippen LogP contribution in [0.15, 0.2) is 67.3 Å². The first-order valence-corrected chi connectivity index (χ1v) is 11.8. The molecule has 0 bridgehead atoms. The molecule has 6 aromatic rings. The van der Waals surface area contributed by atoms with Crippen LogP contribution in [0.5, 0.6) is 0 Å². The highest BCUT2D eigenvalue weighted by Gasteiger charge is 2.18.